The molecule has 2 N–H and O–H groups in total. The van der Waals surface area contributed by atoms with E-state index in [-0.39, 0.29) is 10.7 Å². The fourth-order valence-electron chi connectivity index (χ4n) is 3.94. The first-order valence-electron chi connectivity index (χ1n) is 9.89. The van der Waals surface area contributed by atoms with Crippen LogP contribution in [0.2, 0.25) is 0 Å². The minimum atomic E-state index is -4.11. The Morgan fingerprint density at radius 3 is 2.72 bits per heavy atom. The first kappa shape index (κ1) is 21.9. The predicted molar refractivity (Wildman–Crippen MR) is 116 cm³/mol. The zero-order valence-electron chi connectivity index (χ0n) is 17.6. The quantitative estimate of drug-likeness (QED) is 0.686. The van der Waals surface area contributed by atoms with Crippen molar-refractivity contribution >= 4 is 21.6 Å². The van der Waals surface area contributed by atoms with Crippen molar-refractivity contribution in [3.05, 3.63) is 75.7 Å². The summed E-state index contributed by atoms with van der Waals surface area (Å²) in [6, 6.07) is 2.03. The van der Waals surface area contributed by atoms with E-state index in [0.717, 1.165) is 5.56 Å². The number of benzene rings is 1. The summed E-state index contributed by atoms with van der Waals surface area (Å²) >= 11 is 0. The van der Waals surface area contributed by atoms with Gasteiger partial charge in [-0.25, -0.2) is 17.8 Å². The number of aliphatic imine (C=N–C) groups is 1. The van der Waals surface area contributed by atoms with Gasteiger partial charge in [0.05, 0.1) is 22.6 Å². The second-order valence-corrected chi connectivity index (χ2v) is 9.41. The topological polar surface area (TPSA) is 130 Å². The molecule has 32 heavy (non-hydrogen) atoms. The number of hydrogen-bond donors (Lipinski definition) is 2. The average molecular weight is 457 g/mol. The Bertz CT molecular complexity index is 1300. The van der Waals surface area contributed by atoms with Gasteiger partial charge in [0, 0.05) is 12.0 Å². The molecule has 1 aromatic carbocycles. The van der Waals surface area contributed by atoms with Crippen LogP contribution in [0.4, 0.5) is 4.39 Å². The molecule has 2 aromatic rings. The van der Waals surface area contributed by atoms with Crippen molar-refractivity contribution in [3.8, 4) is 0 Å². The lowest BCUT2D eigenvalue weighted by molar-refractivity contribution is -0.113. The zero-order chi connectivity index (χ0) is 23.0. The number of aryl methyl sites for hydroxylation is 1. The number of halogens is 1. The summed E-state index contributed by atoms with van der Waals surface area (Å²) in [4.78, 5) is 15.5. The molecule has 3 atom stereocenters. The van der Waals surface area contributed by atoms with Crippen molar-refractivity contribution in [2.24, 2.45) is 10.9 Å². The second-order valence-electron chi connectivity index (χ2n) is 7.70. The Kier molecular flexibility index (Phi) is 5.70. The van der Waals surface area contributed by atoms with Gasteiger partial charge in [-0.2, -0.15) is 9.94 Å². The highest BCUT2D eigenvalue weighted by Crippen LogP contribution is 2.36. The molecule has 1 amide bonds. The van der Waals surface area contributed by atoms with E-state index in [2.05, 4.69) is 30.3 Å². The fraction of sp³-hybridized carbons (Fsp3) is 0.286. The van der Waals surface area contributed by atoms with Gasteiger partial charge in [0.15, 0.2) is 5.82 Å². The van der Waals surface area contributed by atoms with Crippen LogP contribution in [0.3, 0.4) is 0 Å². The van der Waals surface area contributed by atoms with Crippen LogP contribution in [0.5, 0.6) is 0 Å². The normalized spacial score (nSPS) is 19.9. The highest BCUT2D eigenvalue weighted by molar-refractivity contribution is 7.93. The zero-order valence-corrected chi connectivity index (χ0v) is 18.4. The summed E-state index contributed by atoms with van der Waals surface area (Å²) in [5.74, 6) is -2.17. The van der Waals surface area contributed by atoms with Crippen LogP contribution < -0.4 is 4.72 Å². The van der Waals surface area contributed by atoms with Crippen molar-refractivity contribution in [2.45, 2.75) is 32.7 Å². The van der Waals surface area contributed by atoms with Crippen LogP contribution in [0.25, 0.3) is 0 Å². The Hall–Kier alpha value is -3.31. The Morgan fingerprint density at radius 2 is 2.00 bits per heavy atom. The maximum Gasteiger partial charge on any atom is 0.269 e. The number of carbonyl (C=O) groups is 1. The lowest BCUT2D eigenvalue weighted by atomic mass is 9.88. The minimum Gasteiger partial charge on any atom is -0.267 e. The highest BCUT2D eigenvalue weighted by Gasteiger charge is 2.37. The Balaban J connectivity index is 1.74. The molecule has 0 spiro atoms. The first-order valence-corrected chi connectivity index (χ1v) is 11.4. The molecule has 1 unspecified atom stereocenters. The van der Waals surface area contributed by atoms with E-state index in [1.54, 1.807) is 26.0 Å². The third kappa shape index (κ3) is 3.96. The molecular formula is C21H21FN6O3S. The summed E-state index contributed by atoms with van der Waals surface area (Å²) in [5.41, 5.74) is 2.30. The van der Waals surface area contributed by atoms with Gasteiger partial charge in [-0.15, -0.1) is 10.2 Å². The van der Waals surface area contributed by atoms with Crippen LogP contribution in [0.15, 0.2) is 52.4 Å². The van der Waals surface area contributed by atoms with Gasteiger partial charge in [-0.1, -0.05) is 30.4 Å². The van der Waals surface area contributed by atoms with Crippen molar-refractivity contribution in [1.82, 2.24) is 25.3 Å². The lowest BCUT2D eigenvalue weighted by Gasteiger charge is -2.28. The molecule has 1 aliphatic heterocycles. The molecule has 0 bridgehead atoms. The first-order chi connectivity index (χ1) is 15.2. The number of dihydropyridines is 1. The fourth-order valence-corrected chi connectivity index (χ4v) is 5.51. The number of aromatic amines is 1. The largest absolute Gasteiger partial charge is 0.269 e. The number of hydrogen-bond acceptors (Lipinski definition) is 6. The van der Waals surface area contributed by atoms with E-state index in [0.29, 0.717) is 16.8 Å². The average Bonchev–Trinajstić information content (AvgIpc) is 3.29. The molecule has 0 fully saturated rings. The maximum atomic E-state index is 14.8. The SMILES string of the molecule is Cc1ccc(F)c([C@@H](C)[C@H](NS(=O)(=O)C2=CC=CC3=NC(=O)C=CC23)c2nn[nH]n2)c1C. The van der Waals surface area contributed by atoms with Gasteiger partial charge < -0.3 is 0 Å². The van der Waals surface area contributed by atoms with E-state index in [9.17, 15) is 17.6 Å². The van der Waals surface area contributed by atoms with Gasteiger partial charge in [-0.3, -0.25) is 4.79 Å². The highest BCUT2D eigenvalue weighted by atomic mass is 32.2. The van der Waals surface area contributed by atoms with Crippen LogP contribution in [0, 0.1) is 25.6 Å². The molecule has 166 valence electrons. The Morgan fingerprint density at radius 1 is 1.22 bits per heavy atom. The number of aromatic nitrogens is 4. The third-order valence-corrected chi connectivity index (χ3v) is 7.32. The molecule has 1 aliphatic carbocycles. The van der Waals surface area contributed by atoms with Crippen LogP contribution in [-0.4, -0.2) is 40.7 Å². The van der Waals surface area contributed by atoms with Crippen molar-refractivity contribution < 1.29 is 17.6 Å². The summed E-state index contributed by atoms with van der Waals surface area (Å²) in [6.07, 6.45) is 7.30. The monoisotopic (exact) mass is 456 g/mol. The number of nitrogens with zero attached hydrogens (tertiary/aromatic N) is 4. The molecule has 0 radical (unpaired) electrons. The van der Waals surface area contributed by atoms with Gasteiger partial charge >= 0.3 is 0 Å². The number of nitrogens with one attached hydrogen (secondary N) is 2. The van der Waals surface area contributed by atoms with Crippen LogP contribution in [0.1, 0.15) is 41.4 Å². The number of H-pyrrole nitrogens is 1. The molecular weight excluding hydrogens is 435 g/mol. The third-order valence-electron chi connectivity index (χ3n) is 5.74. The van der Waals surface area contributed by atoms with E-state index < -0.39 is 39.6 Å². The summed E-state index contributed by atoms with van der Waals surface area (Å²) in [7, 11) is -4.11. The van der Waals surface area contributed by atoms with Crippen molar-refractivity contribution in [2.75, 3.05) is 0 Å². The van der Waals surface area contributed by atoms with E-state index in [1.807, 2.05) is 6.92 Å². The summed E-state index contributed by atoms with van der Waals surface area (Å²) in [5, 5.41) is 13.8. The standard InChI is InChI=1S/C21H21FN6O3S/c1-11-7-9-15(22)19(12(11)2)13(3)20(21-24-27-28-25-21)26-32(30,31)17-6-4-5-16-14(17)8-10-18(29)23-16/h4-10,13-14,20,26H,1-3H3,(H,24,25,27,28)/t13-,14?,20+/m1/s1. The Labute approximate surface area is 184 Å². The molecule has 1 aromatic heterocycles. The number of allylic oxidation sites excluding steroid dienone is 5. The molecule has 11 heteroatoms. The number of sulfonamides is 1. The maximum absolute atomic E-state index is 14.8. The van der Waals surface area contributed by atoms with Gasteiger partial charge in [0.1, 0.15) is 5.82 Å². The molecule has 2 heterocycles. The summed E-state index contributed by atoms with van der Waals surface area (Å²) in [6.45, 7) is 5.35. The van der Waals surface area contributed by atoms with E-state index in [1.165, 1.54) is 30.4 Å². The van der Waals surface area contributed by atoms with Gasteiger partial charge in [-0.05, 0) is 48.8 Å². The van der Waals surface area contributed by atoms with Crippen molar-refractivity contribution in [1.29, 1.82) is 0 Å². The number of tetrazole rings is 1. The van der Waals surface area contributed by atoms with E-state index >= 15 is 0 Å². The van der Waals surface area contributed by atoms with Crippen LogP contribution >= 0.6 is 0 Å². The van der Waals surface area contributed by atoms with Gasteiger partial charge in [0.2, 0.25) is 10.0 Å². The lowest BCUT2D eigenvalue weighted by Crippen LogP contribution is -2.37. The molecule has 9 nitrogen and oxygen atoms in total. The van der Waals surface area contributed by atoms with Crippen LogP contribution in [-0.2, 0) is 14.8 Å². The molecule has 2 aliphatic rings. The van der Waals surface area contributed by atoms with E-state index in [4.69, 9.17) is 0 Å². The minimum absolute atomic E-state index is 0.0182. The molecule has 0 saturated heterocycles. The summed E-state index contributed by atoms with van der Waals surface area (Å²) < 4.78 is 44.3. The smallest absolute Gasteiger partial charge is 0.267 e. The second kappa shape index (κ2) is 8.32. The molecule has 4 rings (SSSR count). The predicted octanol–water partition coefficient (Wildman–Crippen LogP) is 2.33. The van der Waals surface area contributed by atoms with Crippen molar-refractivity contribution in [3.63, 3.8) is 0 Å². The number of carbonyl (C=O) groups excluding carboxylic acids is 1. The number of amides is 1. The number of rotatable bonds is 6. The molecule has 0 saturated carbocycles. The van der Waals surface area contributed by atoms with Gasteiger partial charge in [0.25, 0.3) is 5.91 Å². The number of fused-ring (bicyclic) bond motifs is 1.